The van der Waals surface area contributed by atoms with Crippen molar-refractivity contribution in [3.8, 4) is 0 Å². The van der Waals surface area contributed by atoms with Crippen LogP contribution in [0.2, 0.25) is 0 Å². The predicted octanol–water partition coefficient (Wildman–Crippen LogP) is 4.92. The fraction of sp³-hybridized carbons (Fsp3) is 0.640. The van der Waals surface area contributed by atoms with Crippen LogP contribution < -0.4 is 10.6 Å². The average Bonchev–Trinajstić information content (AvgIpc) is 3.31. The molecule has 1 heterocycles. The highest BCUT2D eigenvalue weighted by Gasteiger charge is 2.19. The third-order valence-electron chi connectivity index (χ3n) is 6.42. The highest BCUT2D eigenvalue weighted by Crippen LogP contribution is 2.35. The second-order valence-corrected chi connectivity index (χ2v) is 8.40. The van der Waals surface area contributed by atoms with E-state index in [0.29, 0.717) is 0 Å². The molecule has 162 valence electrons. The maximum Gasteiger partial charge on any atom is 0.204 e. The number of hydrogen-bond donors (Lipinski definition) is 1. The first kappa shape index (κ1) is 23.5. The van der Waals surface area contributed by atoms with E-state index in [1.165, 1.54) is 82.3 Å². The number of primary amides is 1. The lowest BCUT2D eigenvalue weighted by Gasteiger charge is -2.35. The molecule has 0 atom stereocenters. The maximum atomic E-state index is 8.58. The minimum absolute atomic E-state index is 0.250. The van der Waals surface area contributed by atoms with Crippen LogP contribution >= 0.6 is 0 Å². The van der Waals surface area contributed by atoms with Gasteiger partial charge in [-0.05, 0) is 63.6 Å². The Kier molecular flexibility index (Phi) is 10.9. The molecular formula is C25H41N3O. The third kappa shape index (κ3) is 8.22. The lowest BCUT2D eigenvalue weighted by Crippen LogP contribution is -2.46. The van der Waals surface area contributed by atoms with E-state index in [9.17, 15) is 0 Å². The molecule has 3 aliphatic rings. The SMILES string of the molecule is C1=C(C2CCCCC2)CCC1.CCN1CCN(c2ccc(C)cc2)CC1.NC=O. The van der Waals surface area contributed by atoms with E-state index >= 15 is 0 Å². The van der Waals surface area contributed by atoms with Crippen LogP contribution in [0.3, 0.4) is 0 Å². The van der Waals surface area contributed by atoms with Gasteiger partial charge in [0.1, 0.15) is 0 Å². The zero-order valence-corrected chi connectivity index (χ0v) is 18.6. The fourth-order valence-corrected chi connectivity index (χ4v) is 4.62. The average molecular weight is 400 g/mol. The Morgan fingerprint density at radius 3 is 2.14 bits per heavy atom. The quantitative estimate of drug-likeness (QED) is 0.580. The number of nitrogens with zero attached hydrogens (tertiary/aromatic N) is 2. The standard InChI is InChI=1S/C13H20N2.C11H18.CH3NO/c1-3-14-8-10-15(11-9-14)13-6-4-12(2)5-7-13;1-2-6-10(7-3-1)11-8-4-5-9-11;2-1-3/h4-7H,3,8-11H2,1-2H3;8,10H,1-7,9H2;1H,(H2,2,3). The number of piperazine rings is 1. The number of likely N-dealkylation sites (N-methyl/N-ethyl adjacent to an activating group) is 1. The molecule has 2 aliphatic carbocycles. The summed E-state index contributed by atoms with van der Waals surface area (Å²) in [6.07, 6.45) is 14.4. The first-order valence-electron chi connectivity index (χ1n) is 11.6. The van der Waals surface area contributed by atoms with Gasteiger partial charge in [-0.3, -0.25) is 4.79 Å². The van der Waals surface area contributed by atoms with Crippen molar-refractivity contribution < 1.29 is 4.79 Å². The molecule has 29 heavy (non-hydrogen) atoms. The molecule has 4 rings (SSSR count). The summed E-state index contributed by atoms with van der Waals surface area (Å²) in [5.41, 5.74) is 8.69. The molecule has 0 bridgehead atoms. The number of allylic oxidation sites excluding steroid dienone is 2. The van der Waals surface area contributed by atoms with Gasteiger partial charge in [-0.25, -0.2) is 0 Å². The summed E-state index contributed by atoms with van der Waals surface area (Å²) < 4.78 is 0. The lowest BCUT2D eigenvalue weighted by molar-refractivity contribution is -0.106. The highest BCUT2D eigenvalue weighted by molar-refractivity contribution is 5.47. The number of nitrogens with two attached hydrogens (primary N) is 1. The van der Waals surface area contributed by atoms with Crippen LogP contribution in [0, 0.1) is 12.8 Å². The molecule has 1 saturated heterocycles. The first-order chi connectivity index (χ1) is 14.2. The molecule has 1 amide bonds. The van der Waals surface area contributed by atoms with Crippen LogP contribution in [0.5, 0.6) is 0 Å². The van der Waals surface area contributed by atoms with Gasteiger partial charge in [-0.2, -0.15) is 0 Å². The molecule has 1 saturated carbocycles. The van der Waals surface area contributed by atoms with Gasteiger partial charge >= 0.3 is 0 Å². The highest BCUT2D eigenvalue weighted by atomic mass is 16.1. The van der Waals surface area contributed by atoms with Gasteiger partial charge in [0.2, 0.25) is 6.41 Å². The van der Waals surface area contributed by atoms with Crippen molar-refractivity contribution in [2.45, 2.75) is 65.2 Å². The minimum atomic E-state index is 0.250. The van der Waals surface area contributed by atoms with Crippen LogP contribution in [0.4, 0.5) is 5.69 Å². The Bertz CT molecular complexity index is 597. The number of carbonyl (C=O) groups excluding carboxylic acids is 1. The van der Waals surface area contributed by atoms with Gasteiger partial charge in [0.05, 0.1) is 0 Å². The van der Waals surface area contributed by atoms with Gasteiger partial charge in [0.25, 0.3) is 0 Å². The normalized spacial score (nSPS) is 20.1. The van der Waals surface area contributed by atoms with Crippen LogP contribution in [-0.2, 0) is 4.79 Å². The van der Waals surface area contributed by atoms with E-state index in [2.05, 4.69) is 59.7 Å². The Labute approximate surface area is 178 Å². The summed E-state index contributed by atoms with van der Waals surface area (Å²) in [7, 11) is 0. The number of benzene rings is 1. The third-order valence-corrected chi connectivity index (χ3v) is 6.42. The summed E-state index contributed by atoms with van der Waals surface area (Å²) in [5, 5.41) is 0. The molecule has 0 unspecified atom stereocenters. The molecule has 4 heteroatoms. The van der Waals surface area contributed by atoms with E-state index in [-0.39, 0.29) is 6.41 Å². The minimum Gasteiger partial charge on any atom is -0.372 e. The largest absolute Gasteiger partial charge is 0.372 e. The number of anilines is 1. The molecule has 0 spiro atoms. The lowest BCUT2D eigenvalue weighted by atomic mass is 9.83. The first-order valence-corrected chi connectivity index (χ1v) is 11.6. The summed E-state index contributed by atoms with van der Waals surface area (Å²) in [6.45, 7) is 10.3. The van der Waals surface area contributed by atoms with Crippen molar-refractivity contribution >= 4 is 12.1 Å². The Balaban J connectivity index is 0.000000189. The van der Waals surface area contributed by atoms with Crippen molar-refractivity contribution in [2.75, 3.05) is 37.6 Å². The van der Waals surface area contributed by atoms with Gasteiger partial charge in [0.15, 0.2) is 0 Å². The molecule has 2 N–H and O–H groups in total. The van der Waals surface area contributed by atoms with E-state index in [1.807, 2.05) is 5.57 Å². The van der Waals surface area contributed by atoms with E-state index in [4.69, 9.17) is 4.79 Å². The summed E-state index contributed by atoms with van der Waals surface area (Å²) in [6, 6.07) is 8.86. The summed E-state index contributed by atoms with van der Waals surface area (Å²) in [4.78, 5) is 13.6. The molecule has 1 aliphatic heterocycles. The van der Waals surface area contributed by atoms with Crippen LogP contribution in [-0.4, -0.2) is 44.0 Å². The molecule has 4 nitrogen and oxygen atoms in total. The number of hydrogen-bond acceptors (Lipinski definition) is 3. The molecule has 1 aromatic carbocycles. The van der Waals surface area contributed by atoms with Crippen LogP contribution in [0.1, 0.15) is 63.9 Å². The molecular weight excluding hydrogens is 358 g/mol. The zero-order valence-electron chi connectivity index (χ0n) is 18.6. The van der Waals surface area contributed by atoms with Crippen molar-refractivity contribution in [2.24, 2.45) is 11.7 Å². The zero-order chi connectivity index (χ0) is 20.9. The smallest absolute Gasteiger partial charge is 0.204 e. The number of carbonyl (C=O) groups is 1. The van der Waals surface area contributed by atoms with Crippen LogP contribution in [0.15, 0.2) is 35.9 Å². The maximum absolute atomic E-state index is 8.58. The van der Waals surface area contributed by atoms with Crippen LogP contribution in [0.25, 0.3) is 0 Å². The van der Waals surface area contributed by atoms with Gasteiger partial charge in [-0.1, -0.05) is 55.5 Å². The molecule has 1 aromatic rings. The second-order valence-electron chi connectivity index (χ2n) is 8.40. The van der Waals surface area contributed by atoms with E-state index < -0.39 is 0 Å². The second kappa shape index (κ2) is 13.4. The van der Waals surface area contributed by atoms with Crippen molar-refractivity contribution in [1.29, 1.82) is 0 Å². The molecule has 2 fully saturated rings. The van der Waals surface area contributed by atoms with E-state index in [1.54, 1.807) is 0 Å². The summed E-state index contributed by atoms with van der Waals surface area (Å²) in [5.74, 6) is 1.01. The predicted molar refractivity (Wildman–Crippen MR) is 124 cm³/mol. The van der Waals surface area contributed by atoms with Crippen molar-refractivity contribution in [3.63, 3.8) is 0 Å². The van der Waals surface area contributed by atoms with Crippen molar-refractivity contribution in [3.05, 3.63) is 41.5 Å². The number of amides is 1. The monoisotopic (exact) mass is 399 g/mol. The van der Waals surface area contributed by atoms with E-state index in [0.717, 1.165) is 19.0 Å². The number of rotatable bonds is 3. The van der Waals surface area contributed by atoms with Gasteiger partial charge in [0, 0.05) is 31.9 Å². The number of aryl methyl sites for hydroxylation is 1. The van der Waals surface area contributed by atoms with Crippen molar-refractivity contribution in [1.82, 2.24) is 4.90 Å². The molecule has 0 aromatic heterocycles. The van der Waals surface area contributed by atoms with Gasteiger partial charge in [-0.15, -0.1) is 0 Å². The Hall–Kier alpha value is -1.81. The molecule has 0 radical (unpaired) electrons. The Morgan fingerprint density at radius 2 is 1.62 bits per heavy atom. The Morgan fingerprint density at radius 1 is 1.00 bits per heavy atom. The fourth-order valence-electron chi connectivity index (χ4n) is 4.62. The van der Waals surface area contributed by atoms with Gasteiger partial charge < -0.3 is 15.5 Å². The topological polar surface area (TPSA) is 49.6 Å². The summed E-state index contributed by atoms with van der Waals surface area (Å²) >= 11 is 0.